The van der Waals surface area contributed by atoms with Crippen molar-refractivity contribution in [2.45, 2.75) is 65.4 Å². The first-order valence-electron chi connectivity index (χ1n) is 17.5. The molecule has 3 amide bonds. The zero-order valence-corrected chi connectivity index (χ0v) is 31.6. The Labute approximate surface area is 314 Å². The lowest BCUT2D eigenvalue weighted by Gasteiger charge is -2.45. The van der Waals surface area contributed by atoms with Crippen molar-refractivity contribution in [2.24, 2.45) is 5.92 Å². The van der Waals surface area contributed by atoms with Crippen molar-refractivity contribution < 1.29 is 81.2 Å². The summed E-state index contributed by atoms with van der Waals surface area (Å²) in [5.74, 6) is -4.02. The molecule has 54 heavy (non-hydrogen) atoms. The van der Waals surface area contributed by atoms with Gasteiger partial charge in [-0.25, -0.2) is 4.79 Å². The Morgan fingerprint density at radius 2 is 1.07 bits per heavy atom. The number of esters is 3. The average molecular weight is 781 g/mol. The summed E-state index contributed by atoms with van der Waals surface area (Å²) in [5.41, 5.74) is 0. The van der Waals surface area contributed by atoms with Crippen LogP contribution in [0.15, 0.2) is 0 Å². The molecule has 1 aliphatic carbocycles. The quantitative estimate of drug-likeness (QED) is 0.0205. The molecule has 0 aromatic rings. The molecule has 310 valence electrons. The van der Waals surface area contributed by atoms with E-state index >= 15 is 0 Å². The van der Waals surface area contributed by atoms with Crippen LogP contribution in [0.1, 0.15) is 41.0 Å². The van der Waals surface area contributed by atoms with E-state index in [0.29, 0.717) is 13.2 Å². The fourth-order valence-corrected chi connectivity index (χ4v) is 4.98. The molecular formula is C33H56N4O17. The fraction of sp³-hybridized carbons (Fsp3) is 0.788. The molecule has 1 rings (SSSR count). The second-order valence-electron chi connectivity index (χ2n) is 11.7. The molecule has 21 heteroatoms. The van der Waals surface area contributed by atoms with Gasteiger partial charge in [0.25, 0.3) is 0 Å². The van der Waals surface area contributed by atoms with Gasteiger partial charge < -0.3 is 53.8 Å². The van der Waals surface area contributed by atoms with Gasteiger partial charge in [0.2, 0.25) is 17.7 Å². The van der Waals surface area contributed by atoms with Gasteiger partial charge in [0, 0.05) is 53.6 Å². The third-order valence-electron chi connectivity index (χ3n) is 7.05. The maximum atomic E-state index is 12.1. The van der Waals surface area contributed by atoms with E-state index in [9.17, 15) is 33.6 Å². The van der Waals surface area contributed by atoms with Gasteiger partial charge in [-0.1, -0.05) is 0 Å². The molecule has 4 N–H and O–H groups in total. The highest BCUT2D eigenvalue weighted by molar-refractivity contribution is 5.81. The summed E-state index contributed by atoms with van der Waals surface area (Å²) < 4.78 is 43.7. The Morgan fingerprint density at radius 1 is 0.574 bits per heavy atom. The van der Waals surface area contributed by atoms with Gasteiger partial charge in [-0.3, -0.25) is 39.0 Å². The van der Waals surface area contributed by atoms with E-state index in [-0.39, 0.29) is 104 Å². The van der Waals surface area contributed by atoms with Gasteiger partial charge in [0.05, 0.1) is 91.3 Å². The average Bonchev–Trinajstić information content (AvgIpc) is 3.08. The number of amides is 3. The lowest BCUT2D eigenvalue weighted by molar-refractivity contribution is -0.274. The van der Waals surface area contributed by atoms with E-state index < -0.39 is 60.1 Å². The highest BCUT2D eigenvalue weighted by Crippen LogP contribution is 2.33. The maximum Gasteiger partial charge on any atom is 0.339 e. The van der Waals surface area contributed by atoms with E-state index in [4.69, 9.17) is 37.9 Å². The molecule has 0 radical (unpaired) electrons. The summed E-state index contributed by atoms with van der Waals surface area (Å²) in [4.78, 5) is 90.7. The molecule has 21 nitrogen and oxygen atoms in total. The van der Waals surface area contributed by atoms with Crippen molar-refractivity contribution in [1.82, 2.24) is 21.3 Å². The summed E-state index contributed by atoms with van der Waals surface area (Å²) in [6, 6.07) is -0.868. The highest BCUT2D eigenvalue weighted by atomic mass is 17.2. The number of carbonyl (C=O) groups is 7. The van der Waals surface area contributed by atoms with Gasteiger partial charge in [-0.15, -0.1) is 0 Å². The van der Waals surface area contributed by atoms with Crippen LogP contribution in [0.4, 0.5) is 0 Å². The van der Waals surface area contributed by atoms with Crippen LogP contribution in [-0.2, 0) is 81.2 Å². The second kappa shape index (κ2) is 29.4. The molecule has 0 bridgehead atoms. The summed E-state index contributed by atoms with van der Waals surface area (Å²) in [7, 11) is 0. The van der Waals surface area contributed by atoms with Crippen LogP contribution in [0.25, 0.3) is 0 Å². The number of hydrogen-bond donors (Lipinski definition) is 4. The van der Waals surface area contributed by atoms with Crippen LogP contribution in [-0.4, -0.2) is 165 Å². The van der Waals surface area contributed by atoms with E-state index in [1.54, 1.807) is 0 Å². The number of rotatable bonds is 29. The smallest absolute Gasteiger partial charge is 0.339 e. The molecule has 1 saturated carbocycles. The molecule has 5 unspecified atom stereocenters. The molecule has 1 fully saturated rings. The van der Waals surface area contributed by atoms with E-state index in [0.717, 1.165) is 0 Å². The van der Waals surface area contributed by atoms with Gasteiger partial charge in [-0.05, 0) is 6.42 Å². The molecule has 0 aromatic carbocycles. The van der Waals surface area contributed by atoms with Crippen molar-refractivity contribution in [1.29, 1.82) is 0 Å². The largest absolute Gasteiger partial charge is 0.465 e. The molecule has 1 aliphatic rings. The van der Waals surface area contributed by atoms with Crippen molar-refractivity contribution in [3.8, 4) is 0 Å². The Bertz CT molecular complexity index is 1160. The normalized spacial score (nSPS) is 19.2. The first kappa shape index (κ1) is 48.0. The summed E-state index contributed by atoms with van der Waals surface area (Å²) in [6.45, 7) is 8.58. The summed E-state index contributed by atoms with van der Waals surface area (Å²) in [5, 5.41) is 10.8. The van der Waals surface area contributed by atoms with E-state index in [1.165, 1.54) is 34.6 Å². The lowest BCUT2D eigenvalue weighted by atomic mass is 9.79. The topological polar surface area (TPSA) is 260 Å². The molecule has 5 atom stereocenters. The molecule has 0 spiro atoms. The number of hydrogen-bond acceptors (Lipinski definition) is 18. The fourth-order valence-electron chi connectivity index (χ4n) is 4.98. The highest BCUT2D eigenvalue weighted by Gasteiger charge is 2.50. The number of nitrogens with one attached hydrogen (secondary N) is 4. The molecule has 0 aromatic heterocycles. The molecule has 0 heterocycles. The van der Waals surface area contributed by atoms with Crippen LogP contribution in [0.5, 0.6) is 0 Å². The first-order valence-corrected chi connectivity index (χ1v) is 17.5. The van der Waals surface area contributed by atoms with Crippen molar-refractivity contribution in [3.05, 3.63) is 0 Å². The van der Waals surface area contributed by atoms with Gasteiger partial charge in [0.1, 0.15) is 12.7 Å². The number of carbonyl (C=O) groups excluding carboxylic acids is 7. The Morgan fingerprint density at radius 3 is 1.57 bits per heavy atom. The van der Waals surface area contributed by atoms with Gasteiger partial charge in [0.15, 0.2) is 6.10 Å². The second-order valence-corrected chi connectivity index (χ2v) is 11.7. The SMILES string of the molecule is CC(=O)NC1C(OCCOCCOCCNC(=O)CNCC(=O)NCCOCCOCCOOC(C)=O)CC(COC(C)=O)C(OC(C)=O)C1OC(C)=O. The van der Waals surface area contributed by atoms with Crippen LogP contribution < -0.4 is 21.3 Å². The maximum absolute atomic E-state index is 12.1. The predicted octanol–water partition coefficient (Wildman–Crippen LogP) is -2.29. The Kier molecular flexibility index (Phi) is 26.1. The van der Waals surface area contributed by atoms with Gasteiger partial charge >= 0.3 is 23.9 Å². The predicted molar refractivity (Wildman–Crippen MR) is 183 cm³/mol. The van der Waals surface area contributed by atoms with Crippen LogP contribution in [0, 0.1) is 5.92 Å². The van der Waals surface area contributed by atoms with Crippen molar-refractivity contribution >= 4 is 41.6 Å². The Hall–Kier alpha value is -3.99. The third-order valence-corrected chi connectivity index (χ3v) is 7.05. The molecule has 0 aliphatic heterocycles. The van der Waals surface area contributed by atoms with Gasteiger partial charge in [-0.2, -0.15) is 4.89 Å². The first-order chi connectivity index (χ1) is 25.8. The van der Waals surface area contributed by atoms with Crippen molar-refractivity contribution in [3.63, 3.8) is 0 Å². The van der Waals surface area contributed by atoms with Crippen LogP contribution in [0.2, 0.25) is 0 Å². The molecular weight excluding hydrogens is 724 g/mol. The minimum Gasteiger partial charge on any atom is -0.465 e. The summed E-state index contributed by atoms with van der Waals surface area (Å²) >= 11 is 0. The van der Waals surface area contributed by atoms with Crippen LogP contribution >= 0.6 is 0 Å². The molecule has 0 saturated heterocycles. The van der Waals surface area contributed by atoms with Crippen molar-refractivity contribution in [2.75, 3.05) is 98.9 Å². The van der Waals surface area contributed by atoms with E-state index in [2.05, 4.69) is 31.0 Å². The Balaban J connectivity index is 2.23. The van der Waals surface area contributed by atoms with Crippen LogP contribution in [0.3, 0.4) is 0 Å². The monoisotopic (exact) mass is 780 g/mol. The summed E-state index contributed by atoms with van der Waals surface area (Å²) in [6.07, 6.45) is -2.61. The number of ether oxygens (including phenoxy) is 8. The third kappa shape index (κ3) is 24.3. The van der Waals surface area contributed by atoms with E-state index in [1.807, 2.05) is 0 Å². The zero-order chi connectivity index (χ0) is 40.1. The minimum absolute atomic E-state index is 0.0541. The standard InChI is InChI=1S/C33H56N4O17/c1-22(38)37-31-28(18-27(21-50-23(2)39)32(52-24(3)40)33(31)53-25(4)41)49-16-14-47-12-10-45-8-6-35-29(43)19-34-20-30(44)36-7-9-46-11-13-48-15-17-51-54-26(5)42/h27-28,31-34H,6-21H2,1-5H3,(H,35,43)(H,36,44)(H,37,38). The minimum atomic E-state index is -1.11. The lowest BCUT2D eigenvalue weighted by Crippen LogP contribution is -2.63. The zero-order valence-electron chi connectivity index (χ0n) is 31.6.